The van der Waals surface area contributed by atoms with E-state index in [-0.39, 0.29) is 11.3 Å². The SMILES string of the molecule is COc1cccc(N2C(=O)C(=O)/C(=C(/O)c3cc(C)c(OC)cc3C)C2c2ccc(OC(C)=O)cc2)c1. The second-order valence-corrected chi connectivity index (χ2v) is 8.67. The van der Waals surface area contributed by atoms with Gasteiger partial charge in [0.05, 0.1) is 25.8 Å². The van der Waals surface area contributed by atoms with Crippen molar-refractivity contribution in [1.82, 2.24) is 0 Å². The van der Waals surface area contributed by atoms with Crippen molar-refractivity contribution in [2.75, 3.05) is 19.1 Å². The first kappa shape index (κ1) is 25.5. The molecule has 1 heterocycles. The number of ketones is 1. The van der Waals surface area contributed by atoms with Crippen LogP contribution in [0.1, 0.15) is 35.2 Å². The van der Waals surface area contributed by atoms with Gasteiger partial charge in [-0.1, -0.05) is 18.2 Å². The number of benzene rings is 3. The van der Waals surface area contributed by atoms with Crippen LogP contribution >= 0.6 is 0 Å². The Hall–Kier alpha value is -4.59. The summed E-state index contributed by atoms with van der Waals surface area (Å²) in [5, 5.41) is 11.5. The summed E-state index contributed by atoms with van der Waals surface area (Å²) in [4.78, 5) is 39.5. The van der Waals surface area contributed by atoms with Crippen LogP contribution in [0.2, 0.25) is 0 Å². The lowest BCUT2D eigenvalue weighted by atomic mass is 9.93. The highest BCUT2D eigenvalue weighted by molar-refractivity contribution is 6.51. The summed E-state index contributed by atoms with van der Waals surface area (Å²) in [6.45, 7) is 4.91. The van der Waals surface area contributed by atoms with Crippen LogP contribution in [0.4, 0.5) is 5.69 Å². The van der Waals surface area contributed by atoms with E-state index >= 15 is 0 Å². The Morgan fingerprint density at radius 3 is 2.22 bits per heavy atom. The van der Waals surface area contributed by atoms with Crippen molar-refractivity contribution >= 4 is 29.1 Å². The highest BCUT2D eigenvalue weighted by Crippen LogP contribution is 2.43. The predicted molar refractivity (Wildman–Crippen MR) is 138 cm³/mol. The average molecular weight is 502 g/mol. The topological polar surface area (TPSA) is 102 Å². The molecule has 1 saturated heterocycles. The van der Waals surface area contributed by atoms with Crippen LogP contribution in [-0.4, -0.2) is 37.0 Å². The molecule has 4 rings (SSSR count). The highest BCUT2D eigenvalue weighted by Gasteiger charge is 2.47. The first-order valence-electron chi connectivity index (χ1n) is 11.5. The summed E-state index contributed by atoms with van der Waals surface area (Å²) in [6, 6.07) is 15.8. The molecule has 1 aliphatic heterocycles. The minimum Gasteiger partial charge on any atom is -0.507 e. The zero-order chi connectivity index (χ0) is 26.9. The molecule has 1 atom stereocenters. The second-order valence-electron chi connectivity index (χ2n) is 8.67. The Kier molecular flexibility index (Phi) is 7.02. The van der Waals surface area contributed by atoms with Gasteiger partial charge in [-0.3, -0.25) is 19.3 Å². The van der Waals surface area contributed by atoms with Gasteiger partial charge in [0.15, 0.2) is 0 Å². The molecule has 8 heteroatoms. The molecule has 3 aromatic rings. The van der Waals surface area contributed by atoms with Crippen LogP contribution in [0, 0.1) is 13.8 Å². The van der Waals surface area contributed by atoms with E-state index in [2.05, 4.69) is 0 Å². The van der Waals surface area contributed by atoms with Crippen molar-refractivity contribution in [2.24, 2.45) is 0 Å². The number of Topliss-reactive ketones (excluding diaryl/α,β-unsaturated/α-hetero) is 1. The number of nitrogens with zero attached hydrogens (tertiary/aromatic N) is 1. The number of hydrogen-bond donors (Lipinski definition) is 1. The van der Waals surface area contributed by atoms with E-state index in [0.29, 0.717) is 39.6 Å². The maximum absolute atomic E-state index is 13.4. The molecular formula is C29H27NO7. The van der Waals surface area contributed by atoms with E-state index in [0.717, 1.165) is 5.56 Å². The second kappa shape index (κ2) is 10.2. The molecule has 0 spiro atoms. The Labute approximate surface area is 214 Å². The Morgan fingerprint density at radius 1 is 0.892 bits per heavy atom. The zero-order valence-corrected chi connectivity index (χ0v) is 21.2. The van der Waals surface area contributed by atoms with Crippen molar-refractivity contribution in [3.05, 3.63) is 88.5 Å². The molecule has 1 unspecified atom stereocenters. The maximum Gasteiger partial charge on any atom is 0.308 e. The van der Waals surface area contributed by atoms with Crippen molar-refractivity contribution in [2.45, 2.75) is 26.8 Å². The molecular weight excluding hydrogens is 474 g/mol. The molecule has 1 aliphatic rings. The smallest absolute Gasteiger partial charge is 0.308 e. The molecule has 1 amide bonds. The van der Waals surface area contributed by atoms with Gasteiger partial charge in [-0.2, -0.15) is 0 Å². The molecule has 1 fully saturated rings. The molecule has 8 nitrogen and oxygen atoms in total. The third kappa shape index (κ3) is 4.78. The van der Waals surface area contributed by atoms with E-state index in [4.69, 9.17) is 14.2 Å². The molecule has 0 aliphatic carbocycles. The Balaban J connectivity index is 1.94. The van der Waals surface area contributed by atoms with E-state index in [9.17, 15) is 19.5 Å². The fourth-order valence-corrected chi connectivity index (χ4v) is 4.47. The number of amides is 1. The van der Waals surface area contributed by atoms with Gasteiger partial charge in [-0.25, -0.2) is 0 Å². The van der Waals surface area contributed by atoms with E-state index in [1.54, 1.807) is 74.7 Å². The van der Waals surface area contributed by atoms with E-state index < -0.39 is 23.7 Å². The third-order valence-corrected chi connectivity index (χ3v) is 6.23. The summed E-state index contributed by atoms with van der Waals surface area (Å²) in [5.74, 6) is -0.902. The normalized spacial score (nSPS) is 16.6. The Bertz CT molecular complexity index is 1420. The minimum absolute atomic E-state index is 0.0549. The van der Waals surface area contributed by atoms with Gasteiger partial charge in [0.2, 0.25) is 0 Å². The fourth-order valence-electron chi connectivity index (χ4n) is 4.47. The van der Waals surface area contributed by atoms with Crippen LogP contribution in [0.25, 0.3) is 5.76 Å². The lowest BCUT2D eigenvalue weighted by molar-refractivity contribution is -0.132. The standard InChI is InChI=1S/C29H27NO7/c1-16-14-24(36-5)17(2)13-23(16)27(32)25-26(19-9-11-21(12-10-19)37-18(3)31)30(29(34)28(25)33)20-7-6-8-22(15-20)35-4/h6-15,26,32H,1-5H3/b27-25+. The van der Waals surface area contributed by atoms with Crippen LogP contribution in [0.15, 0.2) is 66.2 Å². The average Bonchev–Trinajstić information content (AvgIpc) is 3.15. The van der Waals surface area contributed by atoms with Gasteiger partial charge in [-0.15, -0.1) is 0 Å². The van der Waals surface area contributed by atoms with E-state index in [1.165, 1.54) is 18.9 Å². The maximum atomic E-state index is 13.4. The van der Waals surface area contributed by atoms with Crippen molar-refractivity contribution in [1.29, 1.82) is 0 Å². The first-order chi connectivity index (χ1) is 17.7. The van der Waals surface area contributed by atoms with Gasteiger partial charge >= 0.3 is 5.97 Å². The number of carbonyl (C=O) groups excluding carboxylic acids is 3. The number of ether oxygens (including phenoxy) is 3. The number of aliphatic hydroxyl groups is 1. The molecule has 0 bridgehead atoms. The van der Waals surface area contributed by atoms with Crippen molar-refractivity contribution < 1.29 is 33.7 Å². The monoisotopic (exact) mass is 501 g/mol. The summed E-state index contributed by atoms with van der Waals surface area (Å²) in [7, 11) is 3.06. The number of rotatable bonds is 6. The number of aryl methyl sites for hydroxylation is 2. The summed E-state index contributed by atoms with van der Waals surface area (Å²) in [6.07, 6.45) is 0. The largest absolute Gasteiger partial charge is 0.507 e. The van der Waals surface area contributed by atoms with Gasteiger partial charge in [0.25, 0.3) is 11.7 Å². The lowest BCUT2D eigenvalue weighted by Gasteiger charge is -2.26. The number of esters is 1. The van der Waals surface area contributed by atoms with Crippen LogP contribution in [-0.2, 0) is 14.4 Å². The number of carbonyl (C=O) groups is 3. The van der Waals surface area contributed by atoms with Gasteiger partial charge in [-0.05, 0) is 66.9 Å². The van der Waals surface area contributed by atoms with Crippen LogP contribution < -0.4 is 19.1 Å². The van der Waals surface area contributed by atoms with Crippen LogP contribution in [0.5, 0.6) is 17.2 Å². The molecule has 0 saturated carbocycles. The summed E-state index contributed by atoms with van der Waals surface area (Å²) < 4.78 is 15.8. The third-order valence-electron chi connectivity index (χ3n) is 6.23. The zero-order valence-electron chi connectivity index (χ0n) is 21.2. The molecule has 37 heavy (non-hydrogen) atoms. The number of aliphatic hydroxyl groups excluding tert-OH is 1. The summed E-state index contributed by atoms with van der Waals surface area (Å²) in [5.41, 5.74) is 2.78. The number of hydrogen-bond acceptors (Lipinski definition) is 7. The number of methoxy groups -OCH3 is 2. The van der Waals surface area contributed by atoms with Crippen molar-refractivity contribution in [3.8, 4) is 17.2 Å². The Morgan fingerprint density at radius 2 is 1.59 bits per heavy atom. The highest BCUT2D eigenvalue weighted by atomic mass is 16.5. The lowest BCUT2D eigenvalue weighted by Crippen LogP contribution is -2.29. The molecule has 190 valence electrons. The van der Waals surface area contributed by atoms with Gasteiger partial charge in [0, 0.05) is 24.2 Å². The predicted octanol–water partition coefficient (Wildman–Crippen LogP) is 4.87. The molecule has 1 N–H and O–H groups in total. The molecule has 0 radical (unpaired) electrons. The van der Waals surface area contributed by atoms with Crippen molar-refractivity contribution in [3.63, 3.8) is 0 Å². The number of anilines is 1. The molecule has 3 aromatic carbocycles. The minimum atomic E-state index is -0.944. The quantitative estimate of drug-likeness (QED) is 0.169. The van der Waals surface area contributed by atoms with Gasteiger partial charge < -0.3 is 19.3 Å². The van der Waals surface area contributed by atoms with Gasteiger partial charge in [0.1, 0.15) is 23.0 Å². The van der Waals surface area contributed by atoms with Crippen LogP contribution in [0.3, 0.4) is 0 Å². The first-order valence-corrected chi connectivity index (χ1v) is 11.5. The summed E-state index contributed by atoms with van der Waals surface area (Å²) >= 11 is 0. The fraction of sp³-hybridized carbons (Fsp3) is 0.207. The molecule has 0 aromatic heterocycles. The van der Waals surface area contributed by atoms with E-state index in [1.807, 2.05) is 6.92 Å².